The van der Waals surface area contributed by atoms with Crippen LogP contribution in [0.5, 0.6) is 0 Å². The van der Waals surface area contributed by atoms with Gasteiger partial charge in [-0.2, -0.15) is 0 Å². The summed E-state index contributed by atoms with van der Waals surface area (Å²) in [6.07, 6.45) is 25.4. The first-order valence-electron chi connectivity index (χ1n) is 10.6. The van der Waals surface area contributed by atoms with Crippen molar-refractivity contribution in [2.24, 2.45) is 23.2 Å². The van der Waals surface area contributed by atoms with Crippen molar-refractivity contribution < 1.29 is 1.43 Å². The van der Waals surface area contributed by atoms with Crippen molar-refractivity contribution in [3.8, 4) is 0 Å². The molecule has 5 rings (SSSR count). The Morgan fingerprint density at radius 2 is 2.04 bits per heavy atom. The number of rotatable bonds is 2. The molecular weight excluding hydrogens is 300 g/mol. The Labute approximate surface area is 155 Å². The number of hydrogen-bond donors (Lipinski definition) is 0. The van der Waals surface area contributed by atoms with Gasteiger partial charge in [0.05, 0.1) is 0 Å². The van der Waals surface area contributed by atoms with Crippen LogP contribution in [-0.2, 0) is 0 Å². The summed E-state index contributed by atoms with van der Waals surface area (Å²) in [5.41, 5.74) is 8.71. The lowest BCUT2D eigenvalue weighted by Crippen LogP contribution is -2.43. The van der Waals surface area contributed by atoms with Gasteiger partial charge in [-0.15, -0.1) is 0 Å². The van der Waals surface area contributed by atoms with E-state index in [0.717, 1.165) is 24.2 Å². The molecule has 0 bridgehead atoms. The fraction of sp³-hybridized carbons (Fsp3) is 0.560. The average Bonchev–Trinajstić information content (AvgIpc) is 3.43. The fourth-order valence-corrected chi connectivity index (χ4v) is 6.98. The van der Waals surface area contributed by atoms with Gasteiger partial charge in [0, 0.05) is 7.85 Å². The van der Waals surface area contributed by atoms with Gasteiger partial charge >= 0.3 is 0 Å². The van der Waals surface area contributed by atoms with Crippen LogP contribution in [0.3, 0.4) is 0 Å². The summed E-state index contributed by atoms with van der Waals surface area (Å²) >= 11 is 0. The molecule has 0 amide bonds. The standard InChI is InChI=1S/C25H31.H2/c1-3-20-11-13-24-23-12-10-19-16-18(17-8-9-17)6-5-7-21(19)22(23)14-15-25(20,24)4-2;/h3,6-9,16,22-24H,4-5,10-15H2,1-2H3;1H/b20-3-;. The molecule has 0 aromatic heterocycles. The molecule has 0 N–H and O–H groups in total. The molecular formula is C25H33. The third-order valence-electron chi connectivity index (χ3n) is 8.18. The van der Waals surface area contributed by atoms with E-state index in [-0.39, 0.29) is 1.43 Å². The number of allylic oxidation sites excluding steroid dienone is 10. The van der Waals surface area contributed by atoms with Gasteiger partial charge in [0.15, 0.2) is 0 Å². The van der Waals surface area contributed by atoms with Crippen LogP contribution in [0.15, 0.2) is 58.2 Å². The molecule has 4 atom stereocenters. The Morgan fingerprint density at radius 1 is 1.16 bits per heavy atom. The molecule has 1 radical (unpaired) electrons. The van der Waals surface area contributed by atoms with Gasteiger partial charge in [-0.1, -0.05) is 42.9 Å². The Kier molecular flexibility index (Phi) is 3.73. The topological polar surface area (TPSA) is 0 Å². The molecule has 0 heterocycles. The van der Waals surface area contributed by atoms with Crippen LogP contribution in [0.25, 0.3) is 0 Å². The second-order valence-corrected chi connectivity index (χ2v) is 8.83. The van der Waals surface area contributed by atoms with Gasteiger partial charge in [0.1, 0.15) is 0 Å². The largest absolute Gasteiger partial charge is 0.0879 e. The van der Waals surface area contributed by atoms with Crippen molar-refractivity contribution >= 4 is 0 Å². The minimum atomic E-state index is 0. The second-order valence-electron chi connectivity index (χ2n) is 8.83. The van der Waals surface area contributed by atoms with Crippen molar-refractivity contribution in [1.29, 1.82) is 0 Å². The normalized spacial score (nSPS) is 40.9. The Bertz CT molecular complexity index is 744. The lowest BCUT2D eigenvalue weighted by atomic mass is 9.53. The van der Waals surface area contributed by atoms with Crippen LogP contribution < -0.4 is 0 Å². The third-order valence-corrected chi connectivity index (χ3v) is 8.18. The van der Waals surface area contributed by atoms with E-state index in [9.17, 15) is 0 Å². The molecule has 0 spiro atoms. The van der Waals surface area contributed by atoms with Gasteiger partial charge in [0.25, 0.3) is 0 Å². The van der Waals surface area contributed by atoms with Crippen molar-refractivity contribution in [1.82, 2.24) is 0 Å². The maximum Gasteiger partial charge on any atom is 0.0131 e. The zero-order chi connectivity index (χ0) is 17.0. The van der Waals surface area contributed by atoms with Crippen LogP contribution in [0, 0.1) is 29.6 Å². The van der Waals surface area contributed by atoms with Crippen molar-refractivity contribution in [3.05, 3.63) is 64.7 Å². The fourth-order valence-electron chi connectivity index (χ4n) is 6.98. The highest BCUT2D eigenvalue weighted by Crippen LogP contribution is 2.64. The highest BCUT2D eigenvalue weighted by atomic mass is 14.6. The average molecular weight is 334 g/mol. The Balaban J connectivity index is 0.00000168. The molecule has 3 fully saturated rings. The van der Waals surface area contributed by atoms with Crippen LogP contribution in [-0.4, -0.2) is 0 Å². The number of hydrogen-bond acceptors (Lipinski definition) is 0. The quantitative estimate of drug-likeness (QED) is 0.471. The van der Waals surface area contributed by atoms with Gasteiger partial charge in [-0.3, -0.25) is 0 Å². The highest BCUT2D eigenvalue weighted by molar-refractivity contribution is 5.61. The van der Waals surface area contributed by atoms with Gasteiger partial charge in [-0.05, 0) is 104 Å². The van der Waals surface area contributed by atoms with E-state index >= 15 is 0 Å². The molecule has 0 nitrogen and oxygen atoms in total. The predicted molar refractivity (Wildman–Crippen MR) is 108 cm³/mol. The summed E-state index contributed by atoms with van der Waals surface area (Å²) in [4.78, 5) is 0. The molecule has 5 aliphatic rings. The first-order chi connectivity index (χ1) is 12.3. The van der Waals surface area contributed by atoms with Crippen LogP contribution in [0.4, 0.5) is 0 Å². The molecule has 25 heavy (non-hydrogen) atoms. The molecule has 0 heteroatoms. The van der Waals surface area contributed by atoms with Gasteiger partial charge in [-0.25, -0.2) is 0 Å². The highest BCUT2D eigenvalue weighted by Gasteiger charge is 2.54. The smallest absolute Gasteiger partial charge is 0.0131 e. The van der Waals surface area contributed by atoms with E-state index in [2.05, 4.69) is 50.6 Å². The minimum Gasteiger partial charge on any atom is -0.0879 e. The van der Waals surface area contributed by atoms with E-state index in [1.807, 2.05) is 0 Å². The van der Waals surface area contributed by atoms with Crippen molar-refractivity contribution in [2.45, 2.75) is 65.2 Å². The maximum absolute atomic E-state index is 2.59. The maximum atomic E-state index is 2.59. The zero-order valence-corrected chi connectivity index (χ0v) is 15.9. The van der Waals surface area contributed by atoms with Gasteiger partial charge in [0.2, 0.25) is 0 Å². The van der Waals surface area contributed by atoms with Gasteiger partial charge < -0.3 is 0 Å². The van der Waals surface area contributed by atoms with Crippen LogP contribution >= 0.6 is 0 Å². The van der Waals surface area contributed by atoms with Crippen molar-refractivity contribution in [3.63, 3.8) is 0 Å². The summed E-state index contributed by atoms with van der Waals surface area (Å²) in [6.45, 7) is 4.74. The first kappa shape index (κ1) is 15.9. The third kappa shape index (κ3) is 2.32. The van der Waals surface area contributed by atoms with E-state index in [4.69, 9.17) is 0 Å². The summed E-state index contributed by atoms with van der Waals surface area (Å²) in [5, 5.41) is 0. The minimum absolute atomic E-state index is 0. The number of fused-ring (bicyclic) bond motifs is 5. The summed E-state index contributed by atoms with van der Waals surface area (Å²) in [6, 6.07) is 0. The predicted octanol–water partition coefficient (Wildman–Crippen LogP) is 7.13. The molecule has 133 valence electrons. The van der Waals surface area contributed by atoms with E-state index in [1.54, 1.807) is 16.7 Å². The molecule has 5 aliphatic carbocycles. The van der Waals surface area contributed by atoms with E-state index < -0.39 is 0 Å². The second kappa shape index (κ2) is 5.86. The van der Waals surface area contributed by atoms with Crippen molar-refractivity contribution in [2.75, 3.05) is 0 Å². The molecule has 3 saturated carbocycles. The first-order valence-corrected chi connectivity index (χ1v) is 10.6. The summed E-state index contributed by atoms with van der Waals surface area (Å²) in [5.74, 6) is 2.72. The van der Waals surface area contributed by atoms with E-state index in [0.29, 0.717) is 5.41 Å². The Hall–Kier alpha value is -1.30. The van der Waals surface area contributed by atoms with E-state index in [1.165, 1.54) is 56.1 Å². The van der Waals surface area contributed by atoms with Crippen LogP contribution in [0.2, 0.25) is 0 Å². The molecule has 0 aromatic rings. The molecule has 0 saturated heterocycles. The SMILES string of the molecule is C/C=C1/CCC2C3CCC4=CC(C5=C[CH]5)=CCC=C4C3CCC12CC.[HH]. The molecule has 0 aliphatic heterocycles. The zero-order valence-electron chi connectivity index (χ0n) is 15.9. The molecule has 0 aromatic carbocycles. The lowest BCUT2D eigenvalue weighted by Gasteiger charge is -2.51. The molecule has 4 unspecified atom stereocenters. The lowest BCUT2D eigenvalue weighted by molar-refractivity contribution is 0.0479. The summed E-state index contributed by atoms with van der Waals surface area (Å²) in [7, 11) is 0. The summed E-state index contributed by atoms with van der Waals surface area (Å²) < 4.78 is 0. The Morgan fingerprint density at radius 3 is 2.80 bits per heavy atom. The van der Waals surface area contributed by atoms with Crippen LogP contribution in [0.1, 0.15) is 66.6 Å². The monoisotopic (exact) mass is 333 g/mol.